The Morgan fingerprint density at radius 1 is 1.77 bits per heavy atom. The average Bonchev–Trinajstić information content (AvgIpc) is 2.51. The number of aromatic nitrogens is 2. The van der Waals surface area contributed by atoms with Crippen molar-refractivity contribution >= 4 is 17.5 Å². The van der Waals surface area contributed by atoms with E-state index in [1.54, 1.807) is 36.1 Å². The molecule has 1 rings (SSSR count). The van der Waals surface area contributed by atoms with Gasteiger partial charge in [0.05, 0.1) is 11.8 Å². The van der Waals surface area contributed by atoms with Crippen LogP contribution in [0.1, 0.15) is 10.4 Å². The Labute approximate surface area is 82.1 Å². The van der Waals surface area contributed by atoms with E-state index < -0.39 is 0 Å². The number of carbonyl (C=O) groups is 1. The molecule has 0 radical (unpaired) electrons. The van der Waals surface area contributed by atoms with Gasteiger partial charge in [0.15, 0.2) is 0 Å². The van der Waals surface area contributed by atoms with Crippen LogP contribution in [0.3, 0.4) is 0 Å². The molecule has 1 aromatic heterocycles. The van der Waals surface area contributed by atoms with E-state index in [1.165, 1.54) is 0 Å². The van der Waals surface area contributed by atoms with Crippen LogP contribution < -0.4 is 0 Å². The maximum Gasteiger partial charge on any atom is 0.256 e. The standard InChI is InChI=1S/C8H12ClN3O/c1-11(4-3-9)8(13)7-5-10-12(2)6-7/h5-6H,3-4H2,1-2H3. The van der Waals surface area contributed by atoms with Crippen LogP contribution in [-0.4, -0.2) is 40.1 Å². The first-order chi connectivity index (χ1) is 6.15. The van der Waals surface area contributed by atoms with E-state index in [4.69, 9.17) is 11.6 Å². The molecule has 5 heteroatoms. The minimum atomic E-state index is -0.0475. The lowest BCUT2D eigenvalue weighted by molar-refractivity contribution is 0.0803. The summed E-state index contributed by atoms with van der Waals surface area (Å²) in [4.78, 5) is 13.1. The SMILES string of the molecule is CN(CCCl)C(=O)c1cnn(C)c1. The monoisotopic (exact) mass is 201 g/mol. The van der Waals surface area contributed by atoms with E-state index in [0.29, 0.717) is 18.0 Å². The number of rotatable bonds is 3. The highest BCUT2D eigenvalue weighted by atomic mass is 35.5. The van der Waals surface area contributed by atoms with Gasteiger partial charge in [-0.1, -0.05) is 0 Å². The van der Waals surface area contributed by atoms with E-state index in [-0.39, 0.29) is 5.91 Å². The summed E-state index contributed by atoms with van der Waals surface area (Å²) < 4.78 is 1.60. The third-order valence-electron chi connectivity index (χ3n) is 1.72. The van der Waals surface area contributed by atoms with Gasteiger partial charge in [0, 0.05) is 32.7 Å². The molecular formula is C8H12ClN3O. The molecule has 0 fully saturated rings. The Balaban J connectivity index is 2.67. The molecule has 1 aromatic rings. The van der Waals surface area contributed by atoms with Crippen LogP contribution in [0.2, 0.25) is 0 Å². The molecule has 0 aliphatic rings. The van der Waals surface area contributed by atoms with Crippen molar-refractivity contribution in [3.63, 3.8) is 0 Å². The Hall–Kier alpha value is -1.03. The zero-order chi connectivity index (χ0) is 9.84. The summed E-state index contributed by atoms with van der Waals surface area (Å²) >= 11 is 5.52. The van der Waals surface area contributed by atoms with Gasteiger partial charge >= 0.3 is 0 Å². The second-order valence-corrected chi connectivity index (χ2v) is 3.20. The second-order valence-electron chi connectivity index (χ2n) is 2.82. The number of nitrogens with zero attached hydrogens (tertiary/aromatic N) is 3. The van der Waals surface area contributed by atoms with E-state index in [2.05, 4.69) is 5.10 Å². The Kier molecular flexibility index (Phi) is 3.31. The van der Waals surface area contributed by atoms with Crippen LogP contribution >= 0.6 is 11.6 Å². The number of amides is 1. The molecule has 0 saturated heterocycles. The molecular weight excluding hydrogens is 190 g/mol. The van der Waals surface area contributed by atoms with Crippen molar-refractivity contribution in [3.05, 3.63) is 18.0 Å². The molecule has 0 saturated carbocycles. The van der Waals surface area contributed by atoms with Crippen LogP contribution in [0.25, 0.3) is 0 Å². The molecule has 0 atom stereocenters. The first kappa shape index (κ1) is 10.1. The predicted octanol–water partition coefficient (Wildman–Crippen LogP) is 0.731. The zero-order valence-electron chi connectivity index (χ0n) is 7.70. The number of aryl methyl sites for hydroxylation is 1. The van der Waals surface area contributed by atoms with E-state index in [9.17, 15) is 4.79 Å². The Morgan fingerprint density at radius 2 is 2.46 bits per heavy atom. The second kappa shape index (κ2) is 4.28. The topological polar surface area (TPSA) is 38.1 Å². The van der Waals surface area contributed by atoms with Gasteiger partial charge < -0.3 is 4.90 Å². The van der Waals surface area contributed by atoms with Gasteiger partial charge in [0.25, 0.3) is 5.91 Å². The smallest absolute Gasteiger partial charge is 0.256 e. The summed E-state index contributed by atoms with van der Waals surface area (Å²) in [6.07, 6.45) is 3.24. The summed E-state index contributed by atoms with van der Waals surface area (Å²) in [5.41, 5.74) is 0.593. The molecule has 0 N–H and O–H groups in total. The molecule has 1 amide bonds. The molecule has 0 aliphatic heterocycles. The van der Waals surface area contributed by atoms with Crippen molar-refractivity contribution in [2.75, 3.05) is 19.5 Å². The lowest BCUT2D eigenvalue weighted by Crippen LogP contribution is -2.28. The lowest BCUT2D eigenvalue weighted by Gasteiger charge is -2.13. The van der Waals surface area contributed by atoms with Crippen LogP contribution in [0.5, 0.6) is 0 Å². The highest BCUT2D eigenvalue weighted by Gasteiger charge is 2.11. The lowest BCUT2D eigenvalue weighted by atomic mass is 10.3. The van der Waals surface area contributed by atoms with Gasteiger partial charge in [0.1, 0.15) is 0 Å². The molecule has 0 spiro atoms. The first-order valence-electron chi connectivity index (χ1n) is 3.95. The largest absolute Gasteiger partial charge is 0.340 e. The zero-order valence-corrected chi connectivity index (χ0v) is 8.45. The molecule has 0 aromatic carbocycles. The van der Waals surface area contributed by atoms with Gasteiger partial charge in [-0.15, -0.1) is 11.6 Å². The quantitative estimate of drug-likeness (QED) is 0.677. The van der Waals surface area contributed by atoms with Gasteiger partial charge in [-0.05, 0) is 0 Å². The summed E-state index contributed by atoms with van der Waals surface area (Å²) in [7, 11) is 3.50. The maximum atomic E-state index is 11.6. The molecule has 0 unspecified atom stereocenters. The highest BCUT2D eigenvalue weighted by molar-refractivity contribution is 6.18. The molecule has 1 heterocycles. The maximum absolute atomic E-state index is 11.6. The summed E-state index contributed by atoms with van der Waals surface area (Å²) in [5, 5.41) is 3.92. The van der Waals surface area contributed by atoms with E-state index in [1.807, 2.05) is 0 Å². The van der Waals surface area contributed by atoms with Crippen molar-refractivity contribution in [1.29, 1.82) is 0 Å². The average molecular weight is 202 g/mol. The molecule has 4 nitrogen and oxygen atoms in total. The number of alkyl halides is 1. The third kappa shape index (κ3) is 2.45. The number of hydrogen-bond acceptors (Lipinski definition) is 2. The first-order valence-corrected chi connectivity index (χ1v) is 4.48. The predicted molar refractivity (Wildman–Crippen MR) is 50.9 cm³/mol. The van der Waals surface area contributed by atoms with Crippen LogP contribution in [-0.2, 0) is 7.05 Å². The van der Waals surface area contributed by atoms with Gasteiger partial charge in [0.2, 0.25) is 0 Å². The summed E-state index contributed by atoms with van der Waals surface area (Å²) in [6, 6.07) is 0. The highest BCUT2D eigenvalue weighted by Crippen LogP contribution is 2.01. The minimum absolute atomic E-state index is 0.0475. The fourth-order valence-electron chi connectivity index (χ4n) is 0.980. The summed E-state index contributed by atoms with van der Waals surface area (Å²) in [5.74, 6) is 0.399. The fraction of sp³-hybridized carbons (Fsp3) is 0.500. The molecule has 13 heavy (non-hydrogen) atoms. The number of carbonyl (C=O) groups excluding carboxylic acids is 1. The van der Waals surface area contributed by atoms with Crippen LogP contribution in [0.15, 0.2) is 12.4 Å². The van der Waals surface area contributed by atoms with E-state index in [0.717, 1.165) is 0 Å². The molecule has 0 bridgehead atoms. The van der Waals surface area contributed by atoms with Crippen molar-refractivity contribution < 1.29 is 4.79 Å². The van der Waals surface area contributed by atoms with Crippen molar-refractivity contribution in [1.82, 2.24) is 14.7 Å². The van der Waals surface area contributed by atoms with Crippen LogP contribution in [0, 0.1) is 0 Å². The number of hydrogen-bond donors (Lipinski definition) is 0. The minimum Gasteiger partial charge on any atom is -0.340 e. The number of halogens is 1. The van der Waals surface area contributed by atoms with Gasteiger partial charge in [-0.25, -0.2) is 0 Å². The van der Waals surface area contributed by atoms with Crippen LogP contribution in [0.4, 0.5) is 0 Å². The van der Waals surface area contributed by atoms with Crippen molar-refractivity contribution in [3.8, 4) is 0 Å². The Morgan fingerprint density at radius 3 is 2.92 bits per heavy atom. The Bertz CT molecular complexity index is 297. The summed E-state index contributed by atoms with van der Waals surface area (Å²) in [6.45, 7) is 0.551. The fourth-order valence-corrected chi connectivity index (χ4v) is 1.23. The third-order valence-corrected chi connectivity index (χ3v) is 1.89. The van der Waals surface area contributed by atoms with Gasteiger partial charge in [-0.2, -0.15) is 5.10 Å². The van der Waals surface area contributed by atoms with Crippen molar-refractivity contribution in [2.24, 2.45) is 7.05 Å². The normalized spacial score (nSPS) is 10.1. The van der Waals surface area contributed by atoms with E-state index >= 15 is 0 Å². The van der Waals surface area contributed by atoms with Gasteiger partial charge in [-0.3, -0.25) is 9.48 Å². The van der Waals surface area contributed by atoms with Crippen molar-refractivity contribution in [2.45, 2.75) is 0 Å². The molecule has 0 aliphatic carbocycles. The molecule has 72 valence electrons.